The first kappa shape index (κ1) is 22.9. The fourth-order valence-electron chi connectivity index (χ4n) is 3.93. The van der Waals surface area contributed by atoms with E-state index in [0.29, 0.717) is 30.3 Å². The number of sulfonamides is 1. The van der Waals surface area contributed by atoms with Crippen molar-refractivity contribution >= 4 is 21.7 Å². The van der Waals surface area contributed by atoms with Gasteiger partial charge >= 0.3 is 0 Å². The number of hydrogen-bond acceptors (Lipinski definition) is 5. The molecule has 0 aliphatic carbocycles. The summed E-state index contributed by atoms with van der Waals surface area (Å²) in [5.74, 6) is -0.138. The van der Waals surface area contributed by atoms with Gasteiger partial charge in [-0.25, -0.2) is 18.1 Å². The minimum absolute atomic E-state index is 0.0169. The third-order valence-electron chi connectivity index (χ3n) is 5.94. The Labute approximate surface area is 193 Å². The topological polar surface area (TPSA) is 101 Å². The maximum atomic E-state index is 12.9. The van der Waals surface area contributed by atoms with Crippen molar-refractivity contribution in [2.75, 3.05) is 13.1 Å². The predicted molar refractivity (Wildman–Crippen MR) is 123 cm³/mol. The highest BCUT2D eigenvalue weighted by Crippen LogP contribution is 2.23. The maximum absolute atomic E-state index is 12.9. The van der Waals surface area contributed by atoms with Crippen LogP contribution in [0.5, 0.6) is 0 Å². The van der Waals surface area contributed by atoms with Crippen LogP contribution in [0.3, 0.4) is 0 Å². The number of Topliss-reactive ketones (excluding diaryl/α,β-unsaturated/α-hetero) is 1. The average molecular weight is 467 g/mol. The lowest BCUT2D eigenvalue weighted by molar-refractivity contribution is 0.0694. The molecule has 4 rings (SSSR count). The van der Waals surface area contributed by atoms with Gasteiger partial charge in [0.05, 0.1) is 11.2 Å². The molecular formula is C24H26N4O4S. The van der Waals surface area contributed by atoms with Gasteiger partial charge in [0, 0.05) is 49.2 Å². The van der Waals surface area contributed by atoms with Crippen LogP contribution in [-0.4, -0.2) is 47.6 Å². The second-order valence-electron chi connectivity index (χ2n) is 8.14. The first-order valence-electron chi connectivity index (χ1n) is 10.8. The third-order valence-corrected chi connectivity index (χ3v) is 7.35. The molecule has 1 saturated heterocycles. The molecule has 1 amide bonds. The Morgan fingerprint density at radius 3 is 2.21 bits per heavy atom. The van der Waals surface area contributed by atoms with Crippen molar-refractivity contribution < 1.29 is 18.0 Å². The van der Waals surface area contributed by atoms with E-state index in [0.717, 1.165) is 18.4 Å². The van der Waals surface area contributed by atoms with Crippen LogP contribution < -0.4 is 4.72 Å². The van der Waals surface area contributed by atoms with Crippen LogP contribution in [0.1, 0.15) is 52.1 Å². The number of likely N-dealkylation sites (tertiary alicyclic amines) is 1. The number of carbonyl (C=O) groups excluding carboxylic acids is 2. The Morgan fingerprint density at radius 2 is 1.64 bits per heavy atom. The minimum Gasteiger partial charge on any atom is -0.338 e. The van der Waals surface area contributed by atoms with E-state index >= 15 is 0 Å². The highest BCUT2D eigenvalue weighted by atomic mass is 32.2. The quantitative estimate of drug-likeness (QED) is 0.540. The van der Waals surface area contributed by atoms with Gasteiger partial charge < -0.3 is 9.47 Å². The normalized spacial score (nSPS) is 14.9. The molecule has 1 aliphatic rings. The molecule has 0 saturated carbocycles. The molecule has 0 unspecified atom stereocenters. The molecule has 33 heavy (non-hydrogen) atoms. The largest absolute Gasteiger partial charge is 0.338 e. The van der Waals surface area contributed by atoms with Crippen LogP contribution in [0.4, 0.5) is 0 Å². The van der Waals surface area contributed by atoms with Gasteiger partial charge in [-0.05, 0) is 49.6 Å². The summed E-state index contributed by atoms with van der Waals surface area (Å²) < 4.78 is 29.7. The zero-order valence-electron chi connectivity index (χ0n) is 18.3. The molecule has 1 aliphatic heterocycles. The van der Waals surface area contributed by atoms with Crippen LogP contribution in [0.15, 0.2) is 72.1 Å². The summed E-state index contributed by atoms with van der Waals surface area (Å²) in [4.78, 5) is 30.3. The van der Waals surface area contributed by atoms with Crippen molar-refractivity contribution in [3.63, 3.8) is 0 Å². The molecule has 0 radical (unpaired) electrons. The fourth-order valence-corrected chi connectivity index (χ4v) is 4.95. The predicted octanol–water partition coefficient (Wildman–Crippen LogP) is 3.04. The van der Waals surface area contributed by atoms with Crippen LogP contribution in [0.25, 0.3) is 0 Å². The van der Waals surface area contributed by atoms with Crippen molar-refractivity contribution in [1.82, 2.24) is 19.2 Å². The molecule has 9 heteroatoms. The van der Waals surface area contributed by atoms with E-state index in [1.54, 1.807) is 30.5 Å². The van der Waals surface area contributed by atoms with Crippen LogP contribution >= 0.6 is 0 Å². The highest BCUT2D eigenvalue weighted by Gasteiger charge is 2.24. The third kappa shape index (κ3) is 5.37. The lowest BCUT2D eigenvalue weighted by Gasteiger charge is -2.32. The number of nitrogens with zero attached hydrogens (tertiary/aromatic N) is 3. The summed E-state index contributed by atoms with van der Waals surface area (Å²) >= 11 is 0. The minimum atomic E-state index is -3.71. The average Bonchev–Trinajstić information content (AvgIpc) is 3.38. The summed E-state index contributed by atoms with van der Waals surface area (Å²) in [6.45, 7) is 2.90. The SMILES string of the molecule is CC(=O)c1ccc(S(=O)(=O)NCc2ccc(C(=O)N3CCC(n4ccnc4)CC3)cc2)cc1. The Morgan fingerprint density at radius 1 is 1.00 bits per heavy atom. The van der Waals surface area contributed by atoms with E-state index in [4.69, 9.17) is 0 Å². The molecule has 3 aromatic rings. The number of piperidine rings is 1. The van der Waals surface area contributed by atoms with Gasteiger partial charge in [0.15, 0.2) is 5.78 Å². The molecule has 8 nitrogen and oxygen atoms in total. The number of imidazole rings is 1. The number of nitrogens with one attached hydrogen (secondary N) is 1. The van der Waals surface area contributed by atoms with Gasteiger partial charge in [0.25, 0.3) is 5.91 Å². The van der Waals surface area contributed by atoms with Gasteiger partial charge in [-0.2, -0.15) is 0 Å². The molecule has 2 heterocycles. The molecule has 172 valence electrons. The summed E-state index contributed by atoms with van der Waals surface area (Å²) in [6.07, 6.45) is 7.31. The van der Waals surface area contributed by atoms with Gasteiger partial charge in [0.1, 0.15) is 0 Å². The zero-order chi connectivity index (χ0) is 23.4. The van der Waals surface area contributed by atoms with Crippen molar-refractivity contribution in [3.05, 3.63) is 83.9 Å². The number of aromatic nitrogens is 2. The van der Waals surface area contributed by atoms with Crippen molar-refractivity contribution in [3.8, 4) is 0 Å². The van der Waals surface area contributed by atoms with E-state index in [9.17, 15) is 18.0 Å². The molecule has 2 aromatic carbocycles. The number of benzene rings is 2. The number of hydrogen-bond donors (Lipinski definition) is 1. The Balaban J connectivity index is 1.32. The summed E-state index contributed by atoms with van der Waals surface area (Å²) in [6, 6.07) is 13.2. The van der Waals surface area contributed by atoms with E-state index in [1.165, 1.54) is 31.2 Å². The highest BCUT2D eigenvalue weighted by molar-refractivity contribution is 7.89. The van der Waals surface area contributed by atoms with Crippen LogP contribution in [0, 0.1) is 0 Å². The smallest absolute Gasteiger partial charge is 0.253 e. The lowest BCUT2D eigenvalue weighted by Crippen LogP contribution is -2.38. The standard InChI is InChI=1S/C24H26N4O4S/c1-18(29)20-6-8-23(9-7-20)33(31,32)26-16-19-2-4-21(5-3-19)24(30)27-13-10-22(11-14-27)28-15-12-25-17-28/h2-9,12,15,17,22,26H,10-11,13-14,16H2,1H3. The fraction of sp³-hybridized carbons (Fsp3) is 0.292. The summed E-state index contributed by atoms with van der Waals surface area (Å²) in [5.41, 5.74) is 1.79. The molecule has 0 bridgehead atoms. The van der Waals surface area contributed by atoms with E-state index < -0.39 is 10.0 Å². The molecule has 1 fully saturated rings. The first-order chi connectivity index (χ1) is 15.8. The van der Waals surface area contributed by atoms with E-state index in [-0.39, 0.29) is 23.1 Å². The van der Waals surface area contributed by atoms with Crippen LogP contribution in [0.2, 0.25) is 0 Å². The van der Waals surface area contributed by atoms with Crippen molar-refractivity contribution in [2.24, 2.45) is 0 Å². The van der Waals surface area contributed by atoms with E-state index in [1.807, 2.05) is 17.4 Å². The summed E-state index contributed by atoms with van der Waals surface area (Å²) in [5, 5.41) is 0. The van der Waals surface area contributed by atoms with Gasteiger partial charge in [0.2, 0.25) is 10.0 Å². The van der Waals surface area contributed by atoms with Crippen molar-refractivity contribution in [2.45, 2.75) is 37.2 Å². The molecular weight excluding hydrogens is 440 g/mol. The number of carbonyl (C=O) groups is 2. The van der Waals surface area contributed by atoms with Crippen molar-refractivity contribution in [1.29, 1.82) is 0 Å². The molecule has 1 aromatic heterocycles. The van der Waals surface area contributed by atoms with Gasteiger partial charge in [-0.3, -0.25) is 9.59 Å². The van der Waals surface area contributed by atoms with Gasteiger partial charge in [-0.15, -0.1) is 0 Å². The number of ketones is 1. The monoisotopic (exact) mass is 466 g/mol. The lowest BCUT2D eigenvalue weighted by atomic mass is 10.0. The number of amides is 1. The Hall–Kier alpha value is -3.30. The first-order valence-corrected chi connectivity index (χ1v) is 12.3. The maximum Gasteiger partial charge on any atom is 0.253 e. The Kier molecular flexibility index (Phi) is 6.71. The molecule has 1 N–H and O–H groups in total. The second-order valence-corrected chi connectivity index (χ2v) is 9.90. The molecule has 0 spiro atoms. The Bertz CT molecular complexity index is 1210. The second kappa shape index (κ2) is 9.68. The zero-order valence-corrected chi connectivity index (χ0v) is 19.2. The van der Waals surface area contributed by atoms with E-state index in [2.05, 4.69) is 14.3 Å². The number of rotatable bonds is 7. The molecule has 0 atom stereocenters. The van der Waals surface area contributed by atoms with Crippen LogP contribution in [-0.2, 0) is 16.6 Å². The summed E-state index contributed by atoms with van der Waals surface area (Å²) in [7, 11) is -3.71. The van der Waals surface area contributed by atoms with Gasteiger partial charge in [-0.1, -0.05) is 24.3 Å².